The van der Waals surface area contributed by atoms with Gasteiger partial charge in [-0.3, -0.25) is 38.8 Å². The Morgan fingerprint density at radius 3 is 1.58 bits per heavy atom. The van der Waals surface area contributed by atoms with Crippen molar-refractivity contribution in [2.45, 2.75) is 26.3 Å². The van der Waals surface area contributed by atoms with E-state index < -0.39 is 29.9 Å². The second kappa shape index (κ2) is 19.8. The highest BCUT2D eigenvalue weighted by molar-refractivity contribution is 5.76. The monoisotopic (exact) mass is 610 g/mol. The lowest BCUT2D eigenvalue weighted by Gasteiger charge is -2.36. The molecule has 242 valence electrons. The molecule has 1 saturated heterocycles. The number of carboxylic acid groups (broad SMARTS) is 3. The summed E-state index contributed by atoms with van der Waals surface area (Å²) in [6, 6.07) is 6.71. The topological polar surface area (TPSA) is 170 Å². The molecule has 1 heterocycles. The molecular weight excluding hydrogens is 564 g/mol. The van der Waals surface area contributed by atoms with Crippen molar-refractivity contribution in [1.82, 2.24) is 19.6 Å². The van der Waals surface area contributed by atoms with Gasteiger partial charge in [0, 0.05) is 59.0 Å². The Bertz CT molecular complexity index is 977. The highest BCUT2D eigenvalue weighted by Gasteiger charge is 2.29. The maximum atomic E-state index is 13.3. The van der Waals surface area contributed by atoms with Crippen molar-refractivity contribution in [3.63, 3.8) is 0 Å². The van der Waals surface area contributed by atoms with Crippen LogP contribution < -0.4 is 4.74 Å². The summed E-state index contributed by atoms with van der Waals surface area (Å²) in [6.45, 7) is 7.01. The predicted molar refractivity (Wildman–Crippen MR) is 156 cm³/mol. The fraction of sp³-hybridized carbons (Fsp3) is 0.655. The number of carbonyl (C=O) groups is 4. The molecule has 0 spiro atoms. The number of nitrogens with zero attached hydrogens (tertiary/aromatic N) is 4. The summed E-state index contributed by atoms with van der Waals surface area (Å²) in [4.78, 5) is 54.9. The van der Waals surface area contributed by atoms with Crippen LogP contribution in [-0.2, 0) is 35.1 Å². The Kier molecular flexibility index (Phi) is 16.5. The second-order valence-corrected chi connectivity index (χ2v) is 10.2. The molecule has 1 aromatic rings. The third kappa shape index (κ3) is 14.6. The van der Waals surface area contributed by atoms with Crippen LogP contribution in [0.3, 0.4) is 0 Å². The van der Waals surface area contributed by atoms with E-state index in [1.165, 1.54) is 0 Å². The largest absolute Gasteiger partial charge is 0.491 e. The van der Waals surface area contributed by atoms with Gasteiger partial charge < -0.3 is 29.5 Å². The molecule has 0 amide bonds. The highest BCUT2D eigenvalue weighted by Crippen LogP contribution is 2.17. The summed E-state index contributed by atoms with van der Waals surface area (Å²) in [5, 5.41) is 28.3. The van der Waals surface area contributed by atoms with E-state index in [1.807, 2.05) is 36.1 Å². The Balaban J connectivity index is 2.29. The summed E-state index contributed by atoms with van der Waals surface area (Å²) in [5.41, 5.74) is 0.871. The van der Waals surface area contributed by atoms with E-state index in [0.29, 0.717) is 84.3 Å². The van der Waals surface area contributed by atoms with Gasteiger partial charge in [-0.1, -0.05) is 12.1 Å². The molecule has 0 radical (unpaired) electrons. The molecule has 14 heteroatoms. The first-order valence-electron chi connectivity index (χ1n) is 14.6. The molecule has 0 aromatic heterocycles. The molecule has 0 aliphatic carbocycles. The van der Waals surface area contributed by atoms with Crippen molar-refractivity contribution in [3.8, 4) is 5.75 Å². The Morgan fingerprint density at radius 2 is 1.16 bits per heavy atom. The van der Waals surface area contributed by atoms with Gasteiger partial charge in [-0.25, -0.2) is 0 Å². The van der Waals surface area contributed by atoms with Gasteiger partial charge in [0.1, 0.15) is 18.4 Å². The van der Waals surface area contributed by atoms with Crippen LogP contribution in [0.5, 0.6) is 5.75 Å². The zero-order chi connectivity index (χ0) is 31.6. The van der Waals surface area contributed by atoms with Gasteiger partial charge in [-0.2, -0.15) is 0 Å². The Labute approximate surface area is 252 Å². The van der Waals surface area contributed by atoms with Gasteiger partial charge in [0.15, 0.2) is 0 Å². The van der Waals surface area contributed by atoms with E-state index in [-0.39, 0.29) is 26.2 Å². The molecule has 0 bridgehead atoms. The number of rotatable bonds is 16. The van der Waals surface area contributed by atoms with Crippen LogP contribution in [0.4, 0.5) is 0 Å². The van der Waals surface area contributed by atoms with Crippen molar-refractivity contribution < 1.29 is 48.7 Å². The maximum Gasteiger partial charge on any atom is 0.323 e. The molecule has 1 aromatic carbocycles. The second-order valence-electron chi connectivity index (χ2n) is 10.2. The van der Waals surface area contributed by atoms with Crippen LogP contribution in [0, 0.1) is 0 Å². The highest BCUT2D eigenvalue weighted by atomic mass is 16.5. The number of benzene rings is 1. The van der Waals surface area contributed by atoms with Gasteiger partial charge >= 0.3 is 23.9 Å². The average molecular weight is 611 g/mol. The van der Waals surface area contributed by atoms with Crippen LogP contribution >= 0.6 is 0 Å². The van der Waals surface area contributed by atoms with Gasteiger partial charge in [-0.05, 0) is 38.0 Å². The SMILES string of the molecule is CCOCCOc1ccc(CC(C(=O)OCC)N2CCN(CC(=O)O)CCN(CC(=O)O)CCN(CC(=O)O)CC2)cc1. The van der Waals surface area contributed by atoms with E-state index in [4.69, 9.17) is 14.2 Å². The molecule has 2 rings (SSSR count). The van der Waals surface area contributed by atoms with Crippen molar-refractivity contribution >= 4 is 23.9 Å². The van der Waals surface area contributed by atoms with Crippen LogP contribution in [0.1, 0.15) is 19.4 Å². The number of esters is 1. The Morgan fingerprint density at radius 1 is 0.698 bits per heavy atom. The molecule has 1 unspecified atom stereocenters. The quantitative estimate of drug-likeness (QED) is 0.169. The van der Waals surface area contributed by atoms with Crippen LogP contribution in [0.25, 0.3) is 0 Å². The lowest BCUT2D eigenvalue weighted by atomic mass is 10.0. The molecular formula is C29H46N4O10. The molecule has 3 N–H and O–H groups in total. The lowest BCUT2D eigenvalue weighted by Crippen LogP contribution is -2.52. The van der Waals surface area contributed by atoms with Crippen LogP contribution in [0.2, 0.25) is 0 Å². The number of aliphatic carboxylic acids is 3. The number of ether oxygens (including phenoxy) is 3. The van der Waals surface area contributed by atoms with Gasteiger partial charge in [-0.15, -0.1) is 0 Å². The van der Waals surface area contributed by atoms with Crippen molar-refractivity contribution in [3.05, 3.63) is 29.8 Å². The number of carboxylic acids is 3. The lowest BCUT2D eigenvalue weighted by molar-refractivity contribution is -0.150. The fourth-order valence-corrected chi connectivity index (χ4v) is 4.82. The third-order valence-corrected chi connectivity index (χ3v) is 7.00. The number of hydrogen-bond donors (Lipinski definition) is 3. The van der Waals surface area contributed by atoms with E-state index in [1.54, 1.807) is 21.6 Å². The minimum absolute atomic E-state index is 0.186. The summed E-state index contributed by atoms with van der Waals surface area (Å²) in [7, 11) is 0. The molecule has 14 nitrogen and oxygen atoms in total. The van der Waals surface area contributed by atoms with Gasteiger partial charge in [0.25, 0.3) is 0 Å². The van der Waals surface area contributed by atoms with E-state index >= 15 is 0 Å². The minimum Gasteiger partial charge on any atom is -0.491 e. The molecule has 1 fully saturated rings. The molecule has 1 aliphatic rings. The summed E-state index contributed by atoms with van der Waals surface area (Å²) in [6.07, 6.45) is 0.322. The molecule has 43 heavy (non-hydrogen) atoms. The molecule has 1 atom stereocenters. The molecule has 0 saturated carbocycles. The zero-order valence-corrected chi connectivity index (χ0v) is 25.2. The summed E-state index contributed by atoms with van der Waals surface area (Å²) < 4.78 is 16.4. The third-order valence-electron chi connectivity index (χ3n) is 7.00. The van der Waals surface area contributed by atoms with Gasteiger partial charge in [0.2, 0.25) is 0 Å². The first kappa shape index (κ1) is 35.9. The normalized spacial score (nSPS) is 17.3. The minimum atomic E-state index is -1.02. The van der Waals surface area contributed by atoms with E-state index in [9.17, 15) is 34.5 Å². The average Bonchev–Trinajstić information content (AvgIpc) is 2.94. The zero-order valence-electron chi connectivity index (χ0n) is 25.2. The number of hydrogen-bond acceptors (Lipinski definition) is 11. The van der Waals surface area contributed by atoms with Crippen molar-refractivity contribution in [1.29, 1.82) is 0 Å². The number of carbonyl (C=O) groups excluding carboxylic acids is 1. The van der Waals surface area contributed by atoms with Crippen LogP contribution in [0.15, 0.2) is 24.3 Å². The standard InChI is InChI=1S/C29H46N4O10/c1-3-41-17-18-43-24-7-5-23(6-8-24)19-25(29(40)42-4-2)33-15-13-31(21-27(36)37)11-9-30(20-26(34)35)10-12-32(14-16-33)22-28(38)39/h5-8,25H,3-4,9-22H2,1-2H3,(H,34,35)(H,36,37)(H,38,39). The molecule has 1 aliphatic heterocycles. The summed E-state index contributed by atoms with van der Waals surface area (Å²) in [5.74, 6) is -2.79. The van der Waals surface area contributed by atoms with E-state index in [2.05, 4.69) is 0 Å². The smallest absolute Gasteiger partial charge is 0.323 e. The van der Waals surface area contributed by atoms with Gasteiger partial charge in [0.05, 0.1) is 32.8 Å². The Hall–Kier alpha value is -3.30. The predicted octanol–water partition coefficient (Wildman–Crippen LogP) is 0.0515. The first-order valence-corrected chi connectivity index (χ1v) is 14.6. The maximum absolute atomic E-state index is 13.3. The first-order chi connectivity index (χ1) is 20.6. The van der Waals surface area contributed by atoms with Crippen molar-refractivity contribution in [2.75, 3.05) is 98.4 Å². The summed E-state index contributed by atoms with van der Waals surface area (Å²) >= 11 is 0. The van der Waals surface area contributed by atoms with Crippen molar-refractivity contribution in [2.24, 2.45) is 0 Å². The van der Waals surface area contributed by atoms with Crippen LogP contribution in [-0.4, -0.2) is 163 Å². The van der Waals surface area contributed by atoms with E-state index in [0.717, 1.165) is 5.56 Å². The fourth-order valence-electron chi connectivity index (χ4n) is 4.82.